The van der Waals surface area contributed by atoms with Gasteiger partial charge in [0.2, 0.25) is 0 Å². The molecule has 1 aliphatic heterocycles. The summed E-state index contributed by atoms with van der Waals surface area (Å²) >= 11 is 1.49. The van der Waals surface area contributed by atoms with Crippen LogP contribution in [-0.2, 0) is 25.8 Å². The number of hydrogen-bond acceptors (Lipinski definition) is 7. The number of pyridine rings is 1. The van der Waals surface area contributed by atoms with Crippen molar-refractivity contribution in [2.24, 2.45) is 0 Å². The second kappa shape index (κ2) is 15.1. The Morgan fingerprint density at radius 2 is 1.85 bits per heavy atom. The standard InChI is InChI=1S/C34H35F4N5O3S/c1-21-20-47-32(41-21)29-8-5-11-43(29)33(46)25-13-23(16-35)12-24(15-25)31(45)42-28(14-22-6-3-2-4-7-22)30(44)19-39-18-27-10-9-26(17-40-27)34(36,37)38/h2-4,6-7,9-10,12-13,15,17,20,28-30,39,44H,5,8,11,14,16,18-19H2,1H3,(H,42,45)/t28-,29+,30+/m0/s1. The van der Waals surface area contributed by atoms with Crippen molar-refractivity contribution in [3.63, 3.8) is 0 Å². The maximum absolute atomic E-state index is 14.0. The number of aryl methyl sites for hydroxylation is 1. The Morgan fingerprint density at radius 3 is 2.51 bits per heavy atom. The van der Waals surface area contributed by atoms with Crippen molar-refractivity contribution < 1.29 is 32.3 Å². The Morgan fingerprint density at radius 1 is 1.09 bits per heavy atom. The fourth-order valence-electron chi connectivity index (χ4n) is 5.57. The molecule has 4 aromatic rings. The van der Waals surface area contributed by atoms with Crippen LogP contribution in [0.15, 0.2) is 72.2 Å². The molecule has 0 saturated carbocycles. The minimum Gasteiger partial charge on any atom is -0.390 e. The molecule has 0 unspecified atom stereocenters. The van der Waals surface area contributed by atoms with E-state index in [1.807, 2.05) is 42.6 Å². The predicted molar refractivity (Wildman–Crippen MR) is 169 cm³/mol. The Balaban J connectivity index is 1.30. The summed E-state index contributed by atoms with van der Waals surface area (Å²) in [6.07, 6.45) is -3.05. The lowest BCUT2D eigenvalue weighted by Crippen LogP contribution is -2.48. The first-order valence-corrected chi connectivity index (χ1v) is 16.1. The molecule has 0 radical (unpaired) electrons. The SMILES string of the molecule is Cc1csc([C@H]2CCCN2C(=O)c2cc(CF)cc(C(=O)N[C@@H](Cc3ccccc3)[C@H](O)CNCc3ccc(C(F)(F)F)cn3)c2)n1. The number of aliphatic hydroxyl groups is 1. The van der Waals surface area contributed by atoms with Crippen LogP contribution in [0.3, 0.4) is 0 Å². The van der Waals surface area contributed by atoms with Gasteiger partial charge in [-0.05, 0) is 67.6 Å². The molecule has 2 aromatic heterocycles. The monoisotopic (exact) mass is 669 g/mol. The summed E-state index contributed by atoms with van der Waals surface area (Å²) in [5.74, 6) is -0.904. The molecule has 8 nitrogen and oxygen atoms in total. The van der Waals surface area contributed by atoms with E-state index in [-0.39, 0.29) is 48.1 Å². The van der Waals surface area contributed by atoms with Gasteiger partial charge in [-0.25, -0.2) is 9.37 Å². The van der Waals surface area contributed by atoms with Crippen molar-refractivity contribution in [2.75, 3.05) is 13.1 Å². The number of likely N-dealkylation sites (tertiary alicyclic amines) is 1. The zero-order valence-electron chi connectivity index (χ0n) is 25.6. The average Bonchev–Trinajstić information content (AvgIpc) is 3.73. The van der Waals surface area contributed by atoms with Gasteiger partial charge in [-0.1, -0.05) is 30.3 Å². The van der Waals surface area contributed by atoms with Crippen LogP contribution >= 0.6 is 11.3 Å². The number of aliphatic hydroxyl groups excluding tert-OH is 1. The van der Waals surface area contributed by atoms with Gasteiger partial charge < -0.3 is 20.6 Å². The maximum Gasteiger partial charge on any atom is 0.417 e. The number of hydrogen-bond donors (Lipinski definition) is 3. The number of amides is 2. The van der Waals surface area contributed by atoms with E-state index in [0.29, 0.717) is 12.2 Å². The van der Waals surface area contributed by atoms with E-state index >= 15 is 0 Å². The van der Waals surface area contributed by atoms with Crippen LogP contribution in [-0.4, -0.2) is 57.0 Å². The fourth-order valence-corrected chi connectivity index (χ4v) is 6.51. The first-order chi connectivity index (χ1) is 22.5. The maximum atomic E-state index is 14.0. The Bertz CT molecular complexity index is 1670. The lowest BCUT2D eigenvalue weighted by Gasteiger charge is -2.26. The average molecular weight is 670 g/mol. The minimum absolute atomic E-state index is 0.0126. The van der Waals surface area contributed by atoms with Crippen molar-refractivity contribution in [1.82, 2.24) is 25.5 Å². The van der Waals surface area contributed by atoms with E-state index in [2.05, 4.69) is 20.6 Å². The second-order valence-electron chi connectivity index (χ2n) is 11.5. The fraction of sp³-hybridized carbons (Fsp3) is 0.353. The number of aromatic nitrogens is 2. The van der Waals surface area contributed by atoms with Gasteiger partial charge in [0.1, 0.15) is 11.7 Å². The number of carbonyl (C=O) groups is 2. The number of nitrogens with zero attached hydrogens (tertiary/aromatic N) is 3. The zero-order chi connectivity index (χ0) is 33.6. The highest BCUT2D eigenvalue weighted by molar-refractivity contribution is 7.09. The van der Waals surface area contributed by atoms with Gasteiger partial charge >= 0.3 is 6.18 Å². The largest absolute Gasteiger partial charge is 0.417 e. The molecule has 248 valence electrons. The molecular formula is C34H35F4N5O3S. The Labute approximate surface area is 273 Å². The van der Waals surface area contributed by atoms with Gasteiger partial charge in [0.05, 0.1) is 29.4 Å². The first-order valence-electron chi connectivity index (χ1n) is 15.2. The van der Waals surface area contributed by atoms with Gasteiger partial charge in [0, 0.05) is 48.0 Å². The Kier molecular flexibility index (Phi) is 11.0. The van der Waals surface area contributed by atoms with Gasteiger partial charge in [-0.3, -0.25) is 14.6 Å². The molecule has 0 spiro atoms. The number of alkyl halides is 4. The van der Waals surface area contributed by atoms with Gasteiger partial charge in [0.25, 0.3) is 11.8 Å². The molecule has 47 heavy (non-hydrogen) atoms. The van der Waals surface area contributed by atoms with Crippen LogP contribution < -0.4 is 10.6 Å². The number of carbonyl (C=O) groups excluding carboxylic acids is 2. The molecule has 3 atom stereocenters. The first kappa shape index (κ1) is 34.1. The summed E-state index contributed by atoms with van der Waals surface area (Å²) in [5.41, 5.74) is 1.65. The number of rotatable bonds is 12. The topological polar surface area (TPSA) is 107 Å². The third-order valence-electron chi connectivity index (χ3n) is 7.98. The summed E-state index contributed by atoms with van der Waals surface area (Å²) in [6, 6.07) is 14.7. The van der Waals surface area contributed by atoms with Crippen LogP contribution in [0, 0.1) is 6.92 Å². The summed E-state index contributed by atoms with van der Waals surface area (Å²) in [5, 5.41) is 19.8. The molecule has 0 aliphatic carbocycles. The molecule has 13 heteroatoms. The molecular weight excluding hydrogens is 634 g/mol. The summed E-state index contributed by atoms with van der Waals surface area (Å²) in [6.45, 7) is 1.61. The molecule has 1 fully saturated rings. The quantitative estimate of drug-likeness (QED) is 0.165. The van der Waals surface area contributed by atoms with Crippen LogP contribution in [0.5, 0.6) is 0 Å². The van der Waals surface area contributed by atoms with Gasteiger partial charge in [0.15, 0.2) is 0 Å². The predicted octanol–water partition coefficient (Wildman–Crippen LogP) is 5.80. The summed E-state index contributed by atoms with van der Waals surface area (Å²) in [4.78, 5) is 37.4. The number of halogens is 4. The Hall–Kier alpha value is -4.20. The van der Waals surface area contributed by atoms with E-state index in [1.165, 1.54) is 35.6 Å². The second-order valence-corrected chi connectivity index (χ2v) is 12.4. The molecule has 3 heterocycles. The lowest BCUT2D eigenvalue weighted by molar-refractivity contribution is -0.137. The minimum atomic E-state index is -4.49. The summed E-state index contributed by atoms with van der Waals surface area (Å²) in [7, 11) is 0. The van der Waals surface area contributed by atoms with Crippen LogP contribution in [0.2, 0.25) is 0 Å². The molecule has 1 saturated heterocycles. The van der Waals surface area contributed by atoms with Crippen LogP contribution in [0.4, 0.5) is 17.6 Å². The highest BCUT2D eigenvalue weighted by Crippen LogP contribution is 2.35. The smallest absolute Gasteiger partial charge is 0.390 e. The normalized spacial score (nSPS) is 16.2. The van der Waals surface area contributed by atoms with E-state index in [4.69, 9.17) is 0 Å². The van der Waals surface area contributed by atoms with Crippen molar-refractivity contribution in [1.29, 1.82) is 0 Å². The van der Waals surface area contributed by atoms with Crippen molar-refractivity contribution in [3.05, 3.63) is 116 Å². The van der Waals surface area contributed by atoms with Crippen LogP contribution in [0.1, 0.15) is 72.7 Å². The third-order valence-corrected chi connectivity index (χ3v) is 9.05. The molecule has 1 aliphatic rings. The van der Waals surface area contributed by atoms with E-state index < -0.39 is 36.5 Å². The number of thiazole rings is 1. The molecule has 2 amide bonds. The number of nitrogens with one attached hydrogen (secondary N) is 2. The molecule has 2 aromatic carbocycles. The highest BCUT2D eigenvalue weighted by atomic mass is 32.1. The van der Waals surface area contributed by atoms with E-state index in [9.17, 15) is 32.3 Å². The van der Waals surface area contributed by atoms with Gasteiger partial charge in [-0.15, -0.1) is 11.3 Å². The highest BCUT2D eigenvalue weighted by Gasteiger charge is 2.33. The number of benzene rings is 2. The lowest BCUT2D eigenvalue weighted by atomic mass is 9.99. The van der Waals surface area contributed by atoms with Crippen molar-refractivity contribution in [3.8, 4) is 0 Å². The third kappa shape index (κ3) is 8.79. The van der Waals surface area contributed by atoms with E-state index in [0.717, 1.165) is 41.4 Å². The van der Waals surface area contributed by atoms with Gasteiger partial charge in [-0.2, -0.15) is 13.2 Å². The molecule has 0 bridgehead atoms. The van der Waals surface area contributed by atoms with E-state index in [1.54, 1.807) is 4.90 Å². The zero-order valence-corrected chi connectivity index (χ0v) is 26.5. The van der Waals surface area contributed by atoms with Crippen molar-refractivity contribution in [2.45, 2.75) is 63.8 Å². The molecule has 3 N–H and O–H groups in total. The van der Waals surface area contributed by atoms with Crippen LogP contribution in [0.25, 0.3) is 0 Å². The molecule has 5 rings (SSSR count). The summed E-state index contributed by atoms with van der Waals surface area (Å²) < 4.78 is 52.6. The van der Waals surface area contributed by atoms with Crippen molar-refractivity contribution >= 4 is 23.2 Å².